The highest BCUT2D eigenvalue weighted by atomic mass is 79.9. The lowest BCUT2D eigenvalue weighted by Crippen LogP contribution is -2.23. The first-order chi connectivity index (χ1) is 7.60. The van der Waals surface area contributed by atoms with Crippen molar-refractivity contribution in [2.24, 2.45) is 5.73 Å². The van der Waals surface area contributed by atoms with Gasteiger partial charge in [-0.3, -0.25) is 0 Å². The third-order valence-electron chi connectivity index (χ3n) is 2.71. The quantitative estimate of drug-likeness (QED) is 0.893. The fourth-order valence-electron chi connectivity index (χ4n) is 1.82. The maximum atomic E-state index is 5.89. The monoisotopic (exact) mass is 284 g/mol. The first-order valence-electron chi connectivity index (χ1n) is 5.90. The van der Waals surface area contributed by atoms with E-state index in [1.807, 2.05) is 6.92 Å². The molecule has 16 heavy (non-hydrogen) atoms. The zero-order valence-electron chi connectivity index (χ0n) is 10.3. The maximum Gasteiger partial charge on any atom is 0.0377 e. The Labute approximate surface area is 107 Å². The van der Waals surface area contributed by atoms with Gasteiger partial charge in [-0.05, 0) is 38.0 Å². The Balaban J connectivity index is 2.95. The summed E-state index contributed by atoms with van der Waals surface area (Å²) in [6.07, 6.45) is 1.17. The summed E-state index contributed by atoms with van der Waals surface area (Å²) in [6, 6.07) is 6.51. The Kier molecular flexibility index (Phi) is 5.29. The van der Waals surface area contributed by atoms with Gasteiger partial charge in [0.05, 0.1) is 0 Å². The molecule has 0 bridgehead atoms. The third kappa shape index (κ3) is 3.22. The van der Waals surface area contributed by atoms with E-state index in [0.717, 1.165) is 23.1 Å². The first kappa shape index (κ1) is 13.5. The molecule has 3 heteroatoms. The molecule has 0 aliphatic rings. The van der Waals surface area contributed by atoms with Gasteiger partial charge in [0.2, 0.25) is 0 Å². The average Bonchev–Trinajstić information content (AvgIpc) is 2.25. The van der Waals surface area contributed by atoms with Gasteiger partial charge >= 0.3 is 0 Å². The molecular formula is C13H21BrN2. The van der Waals surface area contributed by atoms with Crippen LogP contribution in [0.2, 0.25) is 0 Å². The molecule has 2 N–H and O–H groups in total. The summed E-state index contributed by atoms with van der Waals surface area (Å²) in [4.78, 5) is 2.37. The normalized spacial score (nSPS) is 12.6. The first-order valence-corrected chi connectivity index (χ1v) is 6.69. The highest BCUT2D eigenvalue weighted by Crippen LogP contribution is 2.27. The topological polar surface area (TPSA) is 29.3 Å². The fourth-order valence-corrected chi connectivity index (χ4v) is 2.55. The van der Waals surface area contributed by atoms with Crippen LogP contribution in [0.5, 0.6) is 0 Å². The van der Waals surface area contributed by atoms with Crippen molar-refractivity contribution in [2.45, 2.75) is 33.2 Å². The molecule has 2 nitrogen and oxygen atoms in total. The van der Waals surface area contributed by atoms with Crippen molar-refractivity contribution in [3.8, 4) is 0 Å². The second-order valence-corrected chi connectivity index (χ2v) is 4.93. The van der Waals surface area contributed by atoms with Crippen LogP contribution in [0.25, 0.3) is 0 Å². The smallest absolute Gasteiger partial charge is 0.0377 e. The van der Waals surface area contributed by atoms with Crippen molar-refractivity contribution in [2.75, 3.05) is 18.0 Å². The van der Waals surface area contributed by atoms with E-state index < -0.39 is 0 Å². The van der Waals surface area contributed by atoms with E-state index in [9.17, 15) is 0 Å². The van der Waals surface area contributed by atoms with Crippen molar-refractivity contribution >= 4 is 21.6 Å². The van der Waals surface area contributed by atoms with E-state index in [0.29, 0.717) is 0 Å². The predicted molar refractivity (Wildman–Crippen MR) is 74.9 cm³/mol. The second kappa shape index (κ2) is 6.26. The van der Waals surface area contributed by atoms with Gasteiger partial charge in [-0.15, -0.1) is 0 Å². The highest BCUT2D eigenvalue weighted by molar-refractivity contribution is 9.10. The Bertz CT molecular complexity index is 337. The van der Waals surface area contributed by atoms with Gasteiger partial charge in [0, 0.05) is 29.3 Å². The van der Waals surface area contributed by atoms with Crippen molar-refractivity contribution in [3.05, 3.63) is 28.2 Å². The number of hydrogen-bond acceptors (Lipinski definition) is 2. The van der Waals surface area contributed by atoms with Crippen LogP contribution in [0.4, 0.5) is 5.69 Å². The summed E-state index contributed by atoms with van der Waals surface area (Å²) >= 11 is 3.59. The SMILES string of the molecule is CCCN(CC)c1ccc([C@H](C)N)c(Br)c1. The molecule has 1 atom stereocenters. The van der Waals surface area contributed by atoms with Crippen LogP contribution in [0, 0.1) is 0 Å². The van der Waals surface area contributed by atoms with Gasteiger partial charge in [-0.1, -0.05) is 28.9 Å². The summed E-state index contributed by atoms with van der Waals surface area (Å²) < 4.78 is 1.11. The standard InChI is InChI=1S/C13H21BrN2/c1-4-8-16(5-2)11-6-7-12(10(3)15)13(14)9-11/h6-7,9-10H,4-5,8,15H2,1-3H3/t10-/m0/s1. The van der Waals surface area contributed by atoms with Crippen molar-refractivity contribution in [1.82, 2.24) is 0 Å². The van der Waals surface area contributed by atoms with E-state index in [4.69, 9.17) is 5.73 Å². The summed E-state index contributed by atoms with van der Waals surface area (Å²) in [7, 11) is 0. The van der Waals surface area contributed by atoms with Crippen molar-refractivity contribution in [3.63, 3.8) is 0 Å². The Morgan fingerprint density at radius 2 is 2.06 bits per heavy atom. The molecule has 0 aromatic heterocycles. The summed E-state index contributed by atoms with van der Waals surface area (Å²) in [5.41, 5.74) is 8.32. The molecule has 1 aromatic carbocycles. The molecule has 0 saturated heterocycles. The number of benzene rings is 1. The van der Waals surface area contributed by atoms with E-state index in [-0.39, 0.29) is 6.04 Å². The molecule has 0 heterocycles. The van der Waals surface area contributed by atoms with Crippen LogP contribution in [0.3, 0.4) is 0 Å². The van der Waals surface area contributed by atoms with Crippen LogP contribution in [-0.4, -0.2) is 13.1 Å². The number of nitrogens with zero attached hydrogens (tertiary/aromatic N) is 1. The Morgan fingerprint density at radius 3 is 2.50 bits per heavy atom. The number of anilines is 1. The minimum absolute atomic E-state index is 0.0738. The van der Waals surface area contributed by atoms with E-state index in [1.54, 1.807) is 0 Å². The van der Waals surface area contributed by atoms with Gasteiger partial charge in [0.25, 0.3) is 0 Å². The van der Waals surface area contributed by atoms with Gasteiger partial charge in [-0.25, -0.2) is 0 Å². The molecule has 1 aromatic rings. The molecule has 0 aliphatic carbocycles. The second-order valence-electron chi connectivity index (χ2n) is 4.07. The molecule has 90 valence electrons. The van der Waals surface area contributed by atoms with Crippen molar-refractivity contribution < 1.29 is 0 Å². The van der Waals surface area contributed by atoms with Crippen LogP contribution in [0.15, 0.2) is 22.7 Å². The van der Waals surface area contributed by atoms with Crippen LogP contribution in [-0.2, 0) is 0 Å². The predicted octanol–water partition coefficient (Wildman–Crippen LogP) is 3.71. The lowest BCUT2D eigenvalue weighted by molar-refractivity contribution is 0.786. The number of hydrogen-bond donors (Lipinski definition) is 1. The third-order valence-corrected chi connectivity index (χ3v) is 3.40. The van der Waals surface area contributed by atoms with Gasteiger partial charge in [-0.2, -0.15) is 0 Å². The molecule has 0 spiro atoms. The minimum atomic E-state index is 0.0738. The lowest BCUT2D eigenvalue weighted by atomic mass is 10.1. The van der Waals surface area contributed by atoms with Crippen LogP contribution in [0.1, 0.15) is 38.8 Å². The van der Waals surface area contributed by atoms with Crippen LogP contribution < -0.4 is 10.6 Å². The molecular weight excluding hydrogens is 264 g/mol. The van der Waals surface area contributed by atoms with E-state index >= 15 is 0 Å². The lowest BCUT2D eigenvalue weighted by Gasteiger charge is -2.23. The maximum absolute atomic E-state index is 5.89. The van der Waals surface area contributed by atoms with Gasteiger partial charge < -0.3 is 10.6 Å². The number of halogens is 1. The molecule has 0 radical (unpaired) electrons. The molecule has 0 amide bonds. The Hall–Kier alpha value is -0.540. The van der Waals surface area contributed by atoms with E-state index in [2.05, 4.69) is 52.9 Å². The summed E-state index contributed by atoms with van der Waals surface area (Å²) in [5, 5.41) is 0. The van der Waals surface area contributed by atoms with E-state index in [1.165, 1.54) is 12.1 Å². The zero-order valence-corrected chi connectivity index (χ0v) is 11.9. The average molecular weight is 285 g/mol. The molecule has 0 fully saturated rings. The largest absolute Gasteiger partial charge is 0.372 e. The summed E-state index contributed by atoms with van der Waals surface area (Å²) in [5.74, 6) is 0. The molecule has 0 unspecified atom stereocenters. The molecule has 1 rings (SSSR count). The summed E-state index contributed by atoms with van der Waals surface area (Å²) in [6.45, 7) is 8.53. The van der Waals surface area contributed by atoms with Gasteiger partial charge in [0.1, 0.15) is 0 Å². The Morgan fingerprint density at radius 1 is 1.38 bits per heavy atom. The minimum Gasteiger partial charge on any atom is -0.372 e. The number of rotatable bonds is 5. The molecule has 0 saturated carbocycles. The van der Waals surface area contributed by atoms with Crippen molar-refractivity contribution in [1.29, 1.82) is 0 Å². The zero-order chi connectivity index (χ0) is 12.1. The van der Waals surface area contributed by atoms with Gasteiger partial charge in [0.15, 0.2) is 0 Å². The fraction of sp³-hybridized carbons (Fsp3) is 0.538. The highest BCUT2D eigenvalue weighted by Gasteiger charge is 2.08. The molecule has 0 aliphatic heterocycles. The van der Waals surface area contributed by atoms with Crippen LogP contribution >= 0.6 is 15.9 Å². The number of nitrogens with two attached hydrogens (primary N) is 1.